The van der Waals surface area contributed by atoms with Crippen molar-refractivity contribution in [2.75, 3.05) is 4.90 Å². The molecule has 55 heavy (non-hydrogen) atoms. The molecule has 0 amide bonds. The van der Waals surface area contributed by atoms with Crippen LogP contribution >= 0.6 is 0 Å². The van der Waals surface area contributed by atoms with Gasteiger partial charge >= 0.3 is 0 Å². The van der Waals surface area contributed by atoms with Gasteiger partial charge in [0.05, 0.1) is 16.8 Å². The molecule has 0 aliphatic heterocycles. The van der Waals surface area contributed by atoms with Crippen LogP contribution in [0.2, 0.25) is 0 Å². The Bertz CT molecular complexity index is 2920. The SMILES string of the molecule is CC1(C)c2ccccc2C2(c3ccccc3-c3cc(N(c4ccccc4-c4ccccc4)c4cc5ccccc5c5ccccc45)ccc32)c2ccccc21. The largest absolute Gasteiger partial charge is 0.309 e. The molecule has 0 fully saturated rings. The Labute approximate surface area is 322 Å². The van der Waals surface area contributed by atoms with E-state index in [0.29, 0.717) is 0 Å². The quantitative estimate of drug-likeness (QED) is 0.165. The molecule has 1 heteroatoms. The molecule has 2 aliphatic rings. The molecule has 0 aromatic heterocycles. The lowest BCUT2D eigenvalue weighted by Crippen LogP contribution is -2.40. The van der Waals surface area contributed by atoms with Crippen molar-refractivity contribution in [3.8, 4) is 22.3 Å². The van der Waals surface area contributed by atoms with Crippen LogP contribution in [0.3, 0.4) is 0 Å². The first-order valence-corrected chi connectivity index (χ1v) is 19.4. The Hall–Kier alpha value is -6.70. The third-order valence-corrected chi connectivity index (χ3v) is 12.5. The van der Waals surface area contributed by atoms with E-state index in [2.05, 4.69) is 219 Å². The molecule has 0 unspecified atom stereocenters. The summed E-state index contributed by atoms with van der Waals surface area (Å²) in [5.41, 5.74) is 16.1. The van der Waals surface area contributed by atoms with Gasteiger partial charge in [0, 0.05) is 22.1 Å². The third-order valence-electron chi connectivity index (χ3n) is 12.5. The van der Waals surface area contributed by atoms with Gasteiger partial charge in [-0.3, -0.25) is 0 Å². The lowest BCUT2D eigenvalue weighted by Gasteiger charge is -2.46. The average Bonchev–Trinajstić information content (AvgIpc) is 3.54. The van der Waals surface area contributed by atoms with Gasteiger partial charge < -0.3 is 4.90 Å². The van der Waals surface area contributed by atoms with Crippen molar-refractivity contribution >= 4 is 38.6 Å². The fourth-order valence-corrected chi connectivity index (χ4v) is 10.1. The highest BCUT2D eigenvalue weighted by Crippen LogP contribution is 2.62. The minimum Gasteiger partial charge on any atom is -0.309 e. The summed E-state index contributed by atoms with van der Waals surface area (Å²) in [6, 6.07) is 74.5. The molecule has 0 heterocycles. The van der Waals surface area contributed by atoms with Crippen molar-refractivity contribution in [3.63, 3.8) is 0 Å². The van der Waals surface area contributed by atoms with Gasteiger partial charge in [-0.1, -0.05) is 190 Å². The lowest BCUT2D eigenvalue weighted by molar-refractivity contribution is 0.563. The zero-order chi connectivity index (χ0) is 36.7. The van der Waals surface area contributed by atoms with E-state index in [1.54, 1.807) is 0 Å². The Morgan fingerprint density at radius 3 is 1.60 bits per heavy atom. The first-order valence-electron chi connectivity index (χ1n) is 19.4. The second kappa shape index (κ2) is 11.9. The zero-order valence-electron chi connectivity index (χ0n) is 31.0. The van der Waals surface area contributed by atoms with Crippen LogP contribution in [0.5, 0.6) is 0 Å². The monoisotopic (exact) mass is 701 g/mol. The van der Waals surface area contributed by atoms with E-state index in [0.717, 1.165) is 17.1 Å². The molecular weight excluding hydrogens is 663 g/mol. The summed E-state index contributed by atoms with van der Waals surface area (Å²) >= 11 is 0. The first kappa shape index (κ1) is 31.8. The van der Waals surface area contributed by atoms with Crippen LogP contribution < -0.4 is 4.90 Å². The summed E-state index contributed by atoms with van der Waals surface area (Å²) in [5.74, 6) is 0. The molecule has 0 bridgehead atoms. The predicted molar refractivity (Wildman–Crippen MR) is 231 cm³/mol. The van der Waals surface area contributed by atoms with Crippen LogP contribution in [0.15, 0.2) is 200 Å². The van der Waals surface area contributed by atoms with Gasteiger partial charge in [-0.2, -0.15) is 0 Å². The second-order valence-corrected chi connectivity index (χ2v) is 15.6. The van der Waals surface area contributed by atoms with Gasteiger partial charge in [0.2, 0.25) is 0 Å². The molecule has 0 N–H and O–H groups in total. The van der Waals surface area contributed by atoms with E-state index in [-0.39, 0.29) is 5.41 Å². The summed E-state index contributed by atoms with van der Waals surface area (Å²) in [5, 5.41) is 4.96. The van der Waals surface area contributed by atoms with Gasteiger partial charge in [0.1, 0.15) is 0 Å². The summed E-state index contributed by atoms with van der Waals surface area (Å²) in [7, 11) is 0. The maximum atomic E-state index is 2.51. The summed E-state index contributed by atoms with van der Waals surface area (Å²) in [4.78, 5) is 2.51. The van der Waals surface area contributed by atoms with Gasteiger partial charge in [0.15, 0.2) is 0 Å². The van der Waals surface area contributed by atoms with Crippen LogP contribution in [0.25, 0.3) is 43.8 Å². The third kappa shape index (κ3) is 4.41. The van der Waals surface area contributed by atoms with Gasteiger partial charge in [-0.25, -0.2) is 0 Å². The number of para-hydroxylation sites is 1. The maximum Gasteiger partial charge on any atom is 0.0719 e. The normalized spacial score (nSPS) is 14.3. The average molecular weight is 702 g/mol. The number of hydrogen-bond donors (Lipinski definition) is 0. The summed E-state index contributed by atoms with van der Waals surface area (Å²) in [6.07, 6.45) is 0. The highest BCUT2D eigenvalue weighted by Gasteiger charge is 2.53. The minimum atomic E-state index is -0.435. The number of anilines is 3. The van der Waals surface area contributed by atoms with Crippen molar-refractivity contribution in [1.82, 2.24) is 0 Å². The second-order valence-electron chi connectivity index (χ2n) is 15.6. The molecule has 0 radical (unpaired) electrons. The maximum absolute atomic E-state index is 2.51. The van der Waals surface area contributed by atoms with Crippen molar-refractivity contribution in [2.24, 2.45) is 0 Å². The molecule has 2 aliphatic carbocycles. The van der Waals surface area contributed by atoms with Crippen molar-refractivity contribution in [1.29, 1.82) is 0 Å². The molecule has 0 atom stereocenters. The van der Waals surface area contributed by atoms with E-state index in [1.165, 1.54) is 77.2 Å². The Balaban J connectivity index is 1.24. The highest BCUT2D eigenvalue weighted by atomic mass is 15.1. The minimum absolute atomic E-state index is 0.134. The topological polar surface area (TPSA) is 3.24 Å². The number of rotatable bonds is 4. The van der Waals surface area contributed by atoms with E-state index in [4.69, 9.17) is 0 Å². The summed E-state index contributed by atoms with van der Waals surface area (Å²) < 4.78 is 0. The van der Waals surface area contributed by atoms with E-state index in [9.17, 15) is 0 Å². The number of hydrogen-bond acceptors (Lipinski definition) is 1. The predicted octanol–water partition coefficient (Wildman–Crippen LogP) is 14.1. The molecule has 9 aromatic rings. The van der Waals surface area contributed by atoms with Crippen LogP contribution in [0, 0.1) is 0 Å². The van der Waals surface area contributed by atoms with Crippen molar-refractivity contribution < 1.29 is 0 Å². The van der Waals surface area contributed by atoms with Gasteiger partial charge in [-0.05, 0) is 90.5 Å². The van der Waals surface area contributed by atoms with Gasteiger partial charge in [0.25, 0.3) is 0 Å². The Morgan fingerprint density at radius 1 is 0.345 bits per heavy atom. The van der Waals surface area contributed by atoms with E-state index >= 15 is 0 Å². The molecule has 1 spiro atoms. The summed E-state index contributed by atoms with van der Waals surface area (Å²) in [6.45, 7) is 4.77. The van der Waals surface area contributed by atoms with E-state index in [1.807, 2.05) is 0 Å². The van der Waals surface area contributed by atoms with Crippen LogP contribution in [-0.2, 0) is 10.8 Å². The van der Waals surface area contributed by atoms with Crippen LogP contribution in [0.4, 0.5) is 17.1 Å². The molecule has 9 aromatic carbocycles. The smallest absolute Gasteiger partial charge is 0.0719 e. The standard InChI is InChI=1S/C54H39N/c1-53(2)47-27-13-15-29-49(47)54(50-30-16-14-28-48(50)53)45-26-12-10-24-42(45)44-35-38(32-33-46(44)54)55(51-31-17-11-22-40(51)36-18-4-3-5-19-36)52-34-37-20-6-7-21-39(37)41-23-8-9-25-43(41)52/h3-35H,1-2H3. The molecule has 1 nitrogen and oxygen atoms in total. The molecule has 0 saturated carbocycles. The van der Waals surface area contributed by atoms with Crippen LogP contribution in [0.1, 0.15) is 47.2 Å². The number of fused-ring (bicyclic) bond motifs is 12. The lowest BCUT2D eigenvalue weighted by atomic mass is 9.55. The fourth-order valence-electron chi connectivity index (χ4n) is 10.1. The Kier molecular flexibility index (Phi) is 6.88. The molecular formula is C54H39N. The van der Waals surface area contributed by atoms with Crippen molar-refractivity contribution in [2.45, 2.75) is 24.7 Å². The van der Waals surface area contributed by atoms with E-state index < -0.39 is 5.41 Å². The number of nitrogens with zero attached hydrogens (tertiary/aromatic N) is 1. The van der Waals surface area contributed by atoms with Crippen molar-refractivity contribution in [3.05, 3.63) is 234 Å². The van der Waals surface area contributed by atoms with Gasteiger partial charge in [-0.15, -0.1) is 0 Å². The Morgan fingerprint density at radius 2 is 0.873 bits per heavy atom. The number of benzene rings is 9. The van der Waals surface area contributed by atoms with Crippen LogP contribution in [-0.4, -0.2) is 0 Å². The molecule has 260 valence electrons. The fraction of sp³-hybridized carbons (Fsp3) is 0.0741. The highest BCUT2D eigenvalue weighted by molar-refractivity contribution is 6.15. The molecule has 11 rings (SSSR count). The zero-order valence-corrected chi connectivity index (χ0v) is 31.0. The first-order chi connectivity index (χ1) is 27.1. The molecule has 0 saturated heterocycles.